The van der Waals surface area contributed by atoms with Gasteiger partial charge < -0.3 is 10.1 Å². The molecule has 3 aliphatic carbocycles. The Morgan fingerprint density at radius 2 is 1.93 bits per heavy atom. The van der Waals surface area contributed by atoms with Crippen LogP contribution in [0.5, 0.6) is 5.75 Å². The Hall–Kier alpha value is -1.16. The van der Waals surface area contributed by atoms with Crippen LogP contribution in [0, 0.1) is 28.6 Å². The summed E-state index contributed by atoms with van der Waals surface area (Å²) in [4.78, 5) is 13.1. The van der Waals surface area contributed by atoms with Gasteiger partial charge in [0.05, 0.1) is 0 Å². The second kappa shape index (κ2) is 6.68. The highest BCUT2D eigenvalue weighted by molar-refractivity contribution is 7.80. The van der Waals surface area contributed by atoms with Gasteiger partial charge in [0, 0.05) is 29.7 Å². The standard InChI is InChI=1S/C24H33NO2S/c1-23-11-5-6-15(23)22-16(9-12-23)24(2)13-10-21(26)25-20(24)14-18(22)27-17-7-3-4-8-19(17)28/h3-4,7-8,15-16,18,20,22,28H,5-6,9-14H2,1-2H3,(H,25,26)/t15-,16-,18+,20+,22-,23-,24+/m0/s1. The zero-order valence-electron chi connectivity index (χ0n) is 17.1. The quantitative estimate of drug-likeness (QED) is 0.667. The van der Waals surface area contributed by atoms with E-state index < -0.39 is 0 Å². The van der Waals surface area contributed by atoms with Crippen LogP contribution in [-0.2, 0) is 4.79 Å². The highest BCUT2D eigenvalue weighted by Crippen LogP contribution is 2.64. The number of ether oxygens (including phenoxy) is 1. The molecule has 4 heteroatoms. The minimum atomic E-state index is 0.164. The number of amides is 1. The molecule has 1 aromatic rings. The summed E-state index contributed by atoms with van der Waals surface area (Å²) in [5.74, 6) is 3.09. The Labute approximate surface area is 174 Å². The summed E-state index contributed by atoms with van der Waals surface area (Å²) in [7, 11) is 0. The molecule has 4 fully saturated rings. The number of hydrogen-bond acceptors (Lipinski definition) is 3. The number of nitrogens with one attached hydrogen (secondary N) is 1. The number of rotatable bonds is 2. The van der Waals surface area contributed by atoms with Crippen molar-refractivity contribution in [3.8, 4) is 5.75 Å². The molecule has 1 N–H and O–H groups in total. The number of carbonyl (C=O) groups excluding carboxylic acids is 1. The minimum absolute atomic E-state index is 0.164. The third kappa shape index (κ3) is 2.81. The molecule has 1 aliphatic heterocycles. The molecule has 1 amide bonds. The van der Waals surface area contributed by atoms with Gasteiger partial charge in [0.15, 0.2) is 0 Å². The third-order valence-corrected chi connectivity index (χ3v) is 9.39. The summed E-state index contributed by atoms with van der Waals surface area (Å²) in [5, 5.41) is 3.35. The van der Waals surface area contributed by atoms with Gasteiger partial charge in [0.25, 0.3) is 0 Å². The SMILES string of the molecule is C[C@@]12CCC[C@H]1[C@@H]1[C@H](Oc3ccccc3S)C[C@H]3NC(=O)CC[C@]3(C)[C@H]1CC2. The molecule has 1 aromatic carbocycles. The largest absolute Gasteiger partial charge is 0.489 e. The van der Waals surface area contributed by atoms with Crippen LogP contribution in [0.25, 0.3) is 0 Å². The van der Waals surface area contributed by atoms with E-state index in [0.29, 0.717) is 23.7 Å². The number of carbonyl (C=O) groups is 1. The smallest absolute Gasteiger partial charge is 0.220 e. The summed E-state index contributed by atoms with van der Waals surface area (Å²) in [6.45, 7) is 4.98. The highest BCUT2D eigenvalue weighted by Gasteiger charge is 2.61. The average Bonchev–Trinajstić information content (AvgIpc) is 3.06. The molecule has 1 saturated heterocycles. The summed E-state index contributed by atoms with van der Waals surface area (Å²) >= 11 is 4.64. The Morgan fingerprint density at radius 3 is 2.75 bits per heavy atom. The van der Waals surface area contributed by atoms with Crippen LogP contribution in [0.3, 0.4) is 0 Å². The van der Waals surface area contributed by atoms with Crippen molar-refractivity contribution in [2.45, 2.75) is 82.3 Å². The number of hydrogen-bond donors (Lipinski definition) is 2. The van der Waals surface area contributed by atoms with Gasteiger partial charge in [-0.1, -0.05) is 32.4 Å². The molecule has 152 valence electrons. The molecule has 5 rings (SSSR count). The van der Waals surface area contributed by atoms with Crippen molar-refractivity contribution in [2.24, 2.45) is 28.6 Å². The van der Waals surface area contributed by atoms with E-state index >= 15 is 0 Å². The van der Waals surface area contributed by atoms with Crippen molar-refractivity contribution in [1.82, 2.24) is 5.32 Å². The Bertz CT molecular complexity index is 782. The Balaban J connectivity index is 1.53. The third-order valence-electron chi connectivity index (χ3n) is 9.02. The van der Waals surface area contributed by atoms with E-state index in [0.717, 1.165) is 29.4 Å². The summed E-state index contributed by atoms with van der Waals surface area (Å²) in [6.07, 6.45) is 9.49. The van der Waals surface area contributed by atoms with Gasteiger partial charge in [-0.25, -0.2) is 0 Å². The zero-order valence-corrected chi connectivity index (χ0v) is 18.0. The first-order valence-corrected chi connectivity index (χ1v) is 11.6. The normalized spacial score (nSPS) is 44.8. The predicted octanol–water partition coefficient (Wildman–Crippen LogP) is 5.24. The number of thiol groups is 1. The summed E-state index contributed by atoms with van der Waals surface area (Å²) in [5.41, 5.74) is 0.688. The Morgan fingerprint density at radius 1 is 1.11 bits per heavy atom. The van der Waals surface area contributed by atoms with E-state index in [1.54, 1.807) is 0 Å². The molecule has 0 bridgehead atoms. The molecule has 0 spiro atoms. The van der Waals surface area contributed by atoms with Crippen molar-refractivity contribution in [3.05, 3.63) is 24.3 Å². The van der Waals surface area contributed by atoms with Crippen molar-refractivity contribution < 1.29 is 9.53 Å². The summed E-state index contributed by atoms with van der Waals surface area (Å²) < 4.78 is 6.71. The van der Waals surface area contributed by atoms with Crippen LogP contribution in [0.4, 0.5) is 0 Å². The molecule has 0 radical (unpaired) electrons. The lowest BCUT2D eigenvalue weighted by Crippen LogP contribution is -2.65. The maximum absolute atomic E-state index is 12.2. The maximum Gasteiger partial charge on any atom is 0.220 e. The van der Waals surface area contributed by atoms with E-state index in [-0.39, 0.29) is 23.5 Å². The fourth-order valence-corrected chi connectivity index (χ4v) is 7.68. The number of fused-ring (bicyclic) bond motifs is 5. The molecule has 3 saturated carbocycles. The molecular weight excluding hydrogens is 366 g/mol. The molecule has 28 heavy (non-hydrogen) atoms. The van der Waals surface area contributed by atoms with Crippen molar-refractivity contribution >= 4 is 18.5 Å². The van der Waals surface area contributed by atoms with E-state index in [1.807, 2.05) is 24.3 Å². The first kappa shape index (κ1) is 18.8. The van der Waals surface area contributed by atoms with Crippen LogP contribution in [0.2, 0.25) is 0 Å². The van der Waals surface area contributed by atoms with Gasteiger partial charge in [-0.2, -0.15) is 0 Å². The van der Waals surface area contributed by atoms with Crippen LogP contribution in [0.15, 0.2) is 29.2 Å². The summed E-state index contributed by atoms with van der Waals surface area (Å²) in [6, 6.07) is 8.32. The lowest BCUT2D eigenvalue weighted by Gasteiger charge is -2.61. The topological polar surface area (TPSA) is 38.3 Å². The highest BCUT2D eigenvalue weighted by atomic mass is 32.1. The van der Waals surface area contributed by atoms with Crippen molar-refractivity contribution in [3.63, 3.8) is 0 Å². The van der Waals surface area contributed by atoms with Crippen molar-refractivity contribution in [2.75, 3.05) is 0 Å². The minimum Gasteiger partial charge on any atom is -0.489 e. The lowest BCUT2D eigenvalue weighted by atomic mass is 9.47. The van der Waals surface area contributed by atoms with Gasteiger partial charge in [0.1, 0.15) is 11.9 Å². The Kier molecular flexibility index (Phi) is 4.50. The second-order valence-electron chi connectivity index (χ2n) is 10.4. The monoisotopic (exact) mass is 399 g/mol. The van der Waals surface area contributed by atoms with Gasteiger partial charge >= 0.3 is 0 Å². The van der Waals surface area contributed by atoms with Crippen molar-refractivity contribution in [1.29, 1.82) is 0 Å². The molecule has 4 aliphatic rings. The molecular formula is C24H33NO2S. The number of para-hydroxylation sites is 1. The molecule has 7 atom stereocenters. The first-order valence-electron chi connectivity index (χ1n) is 11.1. The van der Waals surface area contributed by atoms with Crippen LogP contribution in [-0.4, -0.2) is 18.1 Å². The van der Waals surface area contributed by atoms with Crippen LogP contribution < -0.4 is 10.1 Å². The number of piperidine rings is 1. The first-order chi connectivity index (χ1) is 13.4. The molecule has 0 unspecified atom stereocenters. The second-order valence-corrected chi connectivity index (χ2v) is 10.8. The van der Waals surface area contributed by atoms with Gasteiger partial charge in [0.2, 0.25) is 5.91 Å². The van der Waals surface area contributed by atoms with E-state index in [9.17, 15) is 4.79 Å². The fraction of sp³-hybridized carbons (Fsp3) is 0.708. The van der Waals surface area contributed by atoms with E-state index in [2.05, 4.69) is 31.8 Å². The molecule has 3 nitrogen and oxygen atoms in total. The van der Waals surface area contributed by atoms with E-state index in [1.165, 1.54) is 32.1 Å². The molecule has 0 aromatic heterocycles. The average molecular weight is 400 g/mol. The fourth-order valence-electron chi connectivity index (χ4n) is 7.47. The zero-order chi connectivity index (χ0) is 19.5. The maximum atomic E-state index is 12.2. The predicted molar refractivity (Wildman–Crippen MR) is 114 cm³/mol. The van der Waals surface area contributed by atoms with Crippen LogP contribution in [0.1, 0.15) is 65.2 Å². The van der Waals surface area contributed by atoms with E-state index in [4.69, 9.17) is 4.74 Å². The van der Waals surface area contributed by atoms with Gasteiger partial charge in [-0.15, -0.1) is 12.6 Å². The van der Waals surface area contributed by atoms with Gasteiger partial charge in [-0.3, -0.25) is 4.79 Å². The number of benzene rings is 1. The lowest BCUT2D eigenvalue weighted by molar-refractivity contribution is -0.150. The van der Waals surface area contributed by atoms with Crippen LogP contribution >= 0.6 is 12.6 Å². The molecule has 1 heterocycles. The van der Waals surface area contributed by atoms with Gasteiger partial charge in [-0.05, 0) is 66.9 Å².